The lowest BCUT2D eigenvalue weighted by molar-refractivity contribution is 0.0664. The monoisotopic (exact) mass is 354 g/mol. The molecule has 1 aromatic carbocycles. The van der Waals surface area contributed by atoms with Crippen molar-refractivity contribution in [1.29, 1.82) is 0 Å². The lowest BCUT2D eigenvalue weighted by Gasteiger charge is -2.31. The molecule has 0 N–H and O–H groups in total. The van der Waals surface area contributed by atoms with E-state index in [9.17, 15) is 4.79 Å². The van der Waals surface area contributed by atoms with E-state index in [1.54, 1.807) is 0 Å². The summed E-state index contributed by atoms with van der Waals surface area (Å²) in [5.41, 5.74) is 1.93. The van der Waals surface area contributed by atoms with Crippen molar-refractivity contribution in [2.75, 3.05) is 26.3 Å². The standard InChI is InChI=1S/C22H30N2O2/c1-23-20-10-6-5-9-19(20)13-21(23)22(25)24(15-18-11-12-26-16-18)14-17-7-3-2-4-8-17/h5-6,9-10,13,17-18H,2-4,7-8,11-12,14-16H2,1H3/t18-/m0/s1. The van der Waals surface area contributed by atoms with Crippen LogP contribution in [0, 0.1) is 11.8 Å². The second-order valence-electron chi connectivity index (χ2n) is 8.09. The number of amides is 1. The Labute approximate surface area is 156 Å². The highest BCUT2D eigenvalue weighted by molar-refractivity contribution is 5.98. The van der Waals surface area contributed by atoms with Crippen LogP contribution in [0.5, 0.6) is 0 Å². The Morgan fingerprint density at radius 2 is 1.88 bits per heavy atom. The highest BCUT2D eigenvalue weighted by Gasteiger charge is 2.28. The van der Waals surface area contributed by atoms with Crippen LogP contribution >= 0.6 is 0 Å². The van der Waals surface area contributed by atoms with Gasteiger partial charge >= 0.3 is 0 Å². The first-order chi connectivity index (χ1) is 12.7. The van der Waals surface area contributed by atoms with Crippen molar-refractivity contribution >= 4 is 16.8 Å². The van der Waals surface area contributed by atoms with Crippen LogP contribution in [0.1, 0.15) is 49.0 Å². The number of hydrogen-bond donors (Lipinski definition) is 0. The topological polar surface area (TPSA) is 34.5 Å². The zero-order chi connectivity index (χ0) is 17.9. The van der Waals surface area contributed by atoms with Gasteiger partial charge in [-0.25, -0.2) is 0 Å². The molecular formula is C22H30N2O2. The third-order valence-corrected chi connectivity index (χ3v) is 6.16. The van der Waals surface area contributed by atoms with Gasteiger partial charge in [0.2, 0.25) is 0 Å². The molecule has 4 nitrogen and oxygen atoms in total. The fourth-order valence-corrected chi connectivity index (χ4v) is 4.62. The summed E-state index contributed by atoms with van der Waals surface area (Å²) in [7, 11) is 2.01. The van der Waals surface area contributed by atoms with Gasteiger partial charge in [-0.3, -0.25) is 4.79 Å². The number of hydrogen-bond acceptors (Lipinski definition) is 2. The highest BCUT2D eigenvalue weighted by atomic mass is 16.5. The molecule has 2 aromatic rings. The van der Waals surface area contributed by atoms with Gasteiger partial charge < -0.3 is 14.2 Å². The molecule has 0 radical (unpaired) electrons. The Balaban J connectivity index is 1.57. The minimum atomic E-state index is 0.182. The van der Waals surface area contributed by atoms with Gasteiger partial charge in [0.1, 0.15) is 5.69 Å². The van der Waals surface area contributed by atoms with Crippen LogP contribution in [-0.4, -0.2) is 41.7 Å². The summed E-state index contributed by atoms with van der Waals surface area (Å²) in [6.45, 7) is 3.36. The zero-order valence-electron chi connectivity index (χ0n) is 15.8. The summed E-state index contributed by atoms with van der Waals surface area (Å²) in [6, 6.07) is 10.3. The lowest BCUT2D eigenvalue weighted by Crippen LogP contribution is -2.40. The normalized spacial score (nSPS) is 21.3. The lowest BCUT2D eigenvalue weighted by atomic mass is 9.88. The molecule has 4 rings (SSSR count). The summed E-state index contributed by atoms with van der Waals surface area (Å²) in [6.07, 6.45) is 7.58. The molecule has 0 bridgehead atoms. The molecule has 26 heavy (non-hydrogen) atoms. The number of benzene rings is 1. The Hall–Kier alpha value is -1.81. The van der Waals surface area contributed by atoms with E-state index < -0.39 is 0 Å². The van der Waals surface area contributed by atoms with Crippen LogP contribution in [0.4, 0.5) is 0 Å². The predicted molar refractivity (Wildman–Crippen MR) is 104 cm³/mol. The SMILES string of the molecule is Cn1c(C(=O)N(CC2CCCCC2)C[C@@H]2CCOC2)cc2ccccc21. The minimum absolute atomic E-state index is 0.182. The summed E-state index contributed by atoms with van der Waals surface area (Å²) >= 11 is 0. The van der Waals surface area contributed by atoms with Crippen molar-refractivity contribution in [2.24, 2.45) is 18.9 Å². The second-order valence-corrected chi connectivity index (χ2v) is 8.09. The van der Waals surface area contributed by atoms with Gasteiger partial charge in [0, 0.05) is 43.6 Å². The van der Waals surface area contributed by atoms with Crippen LogP contribution in [0.25, 0.3) is 10.9 Å². The van der Waals surface area contributed by atoms with Crippen LogP contribution in [0.3, 0.4) is 0 Å². The molecule has 1 atom stereocenters. The molecule has 2 heterocycles. The van der Waals surface area contributed by atoms with Gasteiger partial charge in [-0.1, -0.05) is 37.5 Å². The smallest absolute Gasteiger partial charge is 0.270 e. The minimum Gasteiger partial charge on any atom is -0.381 e. The largest absolute Gasteiger partial charge is 0.381 e. The first-order valence-electron chi connectivity index (χ1n) is 10.1. The maximum Gasteiger partial charge on any atom is 0.270 e. The number of carbonyl (C=O) groups excluding carboxylic acids is 1. The van der Waals surface area contributed by atoms with Gasteiger partial charge in [0.05, 0.1) is 6.61 Å². The fourth-order valence-electron chi connectivity index (χ4n) is 4.62. The van der Waals surface area contributed by atoms with Crippen molar-refractivity contribution < 1.29 is 9.53 Å². The number of fused-ring (bicyclic) bond motifs is 1. The molecule has 1 aromatic heterocycles. The van der Waals surface area contributed by atoms with E-state index in [1.165, 1.54) is 32.1 Å². The van der Waals surface area contributed by atoms with E-state index in [0.29, 0.717) is 11.8 Å². The molecule has 1 amide bonds. The number of carbonyl (C=O) groups is 1. The molecule has 1 saturated heterocycles. The van der Waals surface area contributed by atoms with Gasteiger partial charge in [-0.05, 0) is 37.3 Å². The molecule has 2 fully saturated rings. The summed E-state index contributed by atoms with van der Waals surface area (Å²) < 4.78 is 7.61. The molecule has 1 aliphatic heterocycles. The average Bonchev–Trinajstić information content (AvgIpc) is 3.30. The van der Waals surface area contributed by atoms with Gasteiger partial charge in [0.15, 0.2) is 0 Å². The van der Waals surface area contributed by atoms with Crippen molar-refractivity contribution in [3.8, 4) is 0 Å². The van der Waals surface area contributed by atoms with Crippen molar-refractivity contribution in [3.63, 3.8) is 0 Å². The van der Waals surface area contributed by atoms with Gasteiger partial charge in [-0.2, -0.15) is 0 Å². The quantitative estimate of drug-likeness (QED) is 0.805. The first kappa shape index (κ1) is 17.6. The van der Waals surface area contributed by atoms with E-state index >= 15 is 0 Å². The molecule has 140 valence electrons. The summed E-state index contributed by atoms with van der Waals surface area (Å²) in [4.78, 5) is 15.6. The number of aromatic nitrogens is 1. The number of para-hydroxylation sites is 1. The van der Waals surface area contributed by atoms with E-state index in [0.717, 1.165) is 49.3 Å². The second kappa shape index (κ2) is 7.83. The van der Waals surface area contributed by atoms with Crippen LogP contribution in [0.2, 0.25) is 0 Å². The van der Waals surface area contributed by atoms with Crippen molar-refractivity contribution in [1.82, 2.24) is 9.47 Å². The van der Waals surface area contributed by atoms with Crippen molar-refractivity contribution in [2.45, 2.75) is 38.5 Å². The average molecular weight is 354 g/mol. The number of aryl methyl sites for hydroxylation is 1. The van der Waals surface area contributed by atoms with E-state index in [4.69, 9.17) is 4.74 Å². The molecule has 0 unspecified atom stereocenters. The summed E-state index contributed by atoms with van der Waals surface area (Å²) in [5.74, 6) is 1.32. The van der Waals surface area contributed by atoms with Crippen LogP contribution in [0.15, 0.2) is 30.3 Å². The molecule has 4 heteroatoms. The number of ether oxygens (including phenoxy) is 1. The van der Waals surface area contributed by atoms with E-state index in [2.05, 4.69) is 27.7 Å². The molecule has 2 aliphatic rings. The zero-order valence-corrected chi connectivity index (χ0v) is 15.8. The predicted octanol–water partition coefficient (Wildman–Crippen LogP) is 4.24. The summed E-state index contributed by atoms with van der Waals surface area (Å²) in [5, 5.41) is 1.14. The van der Waals surface area contributed by atoms with Crippen LogP contribution in [-0.2, 0) is 11.8 Å². The Kier molecular flexibility index (Phi) is 5.30. The molecule has 1 aliphatic carbocycles. The fraction of sp³-hybridized carbons (Fsp3) is 0.591. The molecular weight excluding hydrogens is 324 g/mol. The third-order valence-electron chi connectivity index (χ3n) is 6.16. The van der Waals surface area contributed by atoms with Crippen LogP contribution < -0.4 is 0 Å². The van der Waals surface area contributed by atoms with Crippen molar-refractivity contribution in [3.05, 3.63) is 36.0 Å². The van der Waals surface area contributed by atoms with E-state index in [-0.39, 0.29) is 5.91 Å². The van der Waals surface area contributed by atoms with E-state index in [1.807, 2.05) is 19.2 Å². The van der Waals surface area contributed by atoms with Gasteiger partial charge in [-0.15, -0.1) is 0 Å². The number of rotatable bonds is 5. The molecule has 0 spiro atoms. The maximum atomic E-state index is 13.5. The maximum absolute atomic E-state index is 13.5. The first-order valence-corrected chi connectivity index (χ1v) is 10.1. The third kappa shape index (κ3) is 3.66. The molecule has 1 saturated carbocycles. The number of nitrogens with zero attached hydrogens (tertiary/aromatic N) is 2. The Morgan fingerprint density at radius 3 is 2.62 bits per heavy atom. The Bertz CT molecular complexity index is 755. The Morgan fingerprint density at radius 1 is 1.12 bits per heavy atom. The highest BCUT2D eigenvalue weighted by Crippen LogP contribution is 2.27. The van der Waals surface area contributed by atoms with Gasteiger partial charge in [0.25, 0.3) is 5.91 Å².